The number of esters is 1. The summed E-state index contributed by atoms with van der Waals surface area (Å²) in [6.45, 7) is 0.340. The molecule has 0 bridgehead atoms. The van der Waals surface area contributed by atoms with Gasteiger partial charge < -0.3 is 9.64 Å². The normalized spacial score (nSPS) is 18.3. The lowest BCUT2D eigenvalue weighted by atomic mass is 10.1. The van der Waals surface area contributed by atoms with Crippen LogP contribution in [0.3, 0.4) is 0 Å². The molecule has 6 nitrogen and oxygen atoms in total. The van der Waals surface area contributed by atoms with E-state index in [2.05, 4.69) is 4.74 Å². The molecule has 8 heteroatoms. The number of halogens is 1. The highest BCUT2D eigenvalue weighted by molar-refractivity contribution is 8.13. The number of amides is 1. The van der Waals surface area contributed by atoms with Crippen LogP contribution in [0.25, 0.3) is 0 Å². The highest BCUT2D eigenvalue weighted by atomic mass is 35.7. The third-order valence-corrected chi connectivity index (χ3v) is 4.98. The Balaban J connectivity index is 1.99. The van der Waals surface area contributed by atoms with Crippen LogP contribution in [0.2, 0.25) is 0 Å². The number of ether oxygens (including phenoxy) is 1. The van der Waals surface area contributed by atoms with E-state index < -0.39 is 9.05 Å². The average molecular weight is 360 g/mol. The summed E-state index contributed by atoms with van der Waals surface area (Å²) in [6, 6.07) is 7.28. The molecule has 1 amide bonds. The Morgan fingerprint density at radius 2 is 2.00 bits per heavy atom. The molecule has 1 saturated heterocycles. The molecule has 1 aromatic carbocycles. The summed E-state index contributed by atoms with van der Waals surface area (Å²) in [5.74, 6) is -0.871. The number of anilines is 1. The summed E-state index contributed by atoms with van der Waals surface area (Å²) in [4.78, 5) is 24.7. The average Bonchev–Trinajstić information content (AvgIpc) is 2.83. The van der Waals surface area contributed by atoms with Crippen LogP contribution in [0, 0.1) is 5.92 Å². The Kier molecular flexibility index (Phi) is 5.64. The first-order chi connectivity index (χ1) is 10.8. The van der Waals surface area contributed by atoms with Gasteiger partial charge in [0, 0.05) is 41.7 Å². The molecule has 0 aromatic heterocycles. The number of hydrogen-bond acceptors (Lipinski definition) is 5. The van der Waals surface area contributed by atoms with Crippen LogP contribution in [-0.4, -0.2) is 39.7 Å². The summed E-state index contributed by atoms with van der Waals surface area (Å²) >= 11 is 0. The van der Waals surface area contributed by atoms with Gasteiger partial charge >= 0.3 is 5.97 Å². The number of hydrogen-bond donors (Lipinski definition) is 0. The molecule has 1 unspecified atom stereocenters. The van der Waals surface area contributed by atoms with Gasteiger partial charge in [0.1, 0.15) is 0 Å². The zero-order chi connectivity index (χ0) is 17.0. The monoisotopic (exact) mass is 359 g/mol. The molecule has 2 rings (SSSR count). The Hall–Kier alpha value is -1.60. The predicted molar refractivity (Wildman–Crippen MR) is 86.9 cm³/mol. The van der Waals surface area contributed by atoms with Gasteiger partial charge in [-0.05, 0) is 24.1 Å². The molecule has 126 valence electrons. The molecule has 0 spiro atoms. The van der Waals surface area contributed by atoms with E-state index in [-0.39, 0.29) is 30.0 Å². The van der Waals surface area contributed by atoms with Gasteiger partial charge in [-0.3, -0.25) is 9.59 Å². The van der Waals surface area contributed by atoms with Gasteiger partial charge in [-0.2, -0.15) is 0 Å². The lowest BCUT2D eigenvalue weighted by Gasteiger charge is -2.17. The molecule has 23 heavy (non-hydrogen) atoms. The molecule has 0 N–H and O–H groups in total. The zero-order valence-electron chi connectivity index (χ0n) is 12.7. The van der Waals surface area contributed by atoms with Crippen LogP contribution < -0.4 is 4.90 Å². The van der Waals surface area contributed by atoms with Crippen molar-refractivity contribution in [3.05, 3.63) is 29.8 Å². The summed E-state index contributed by atoms with van der Waals surface area (Å²) in [7, 11) is 2.99. The maximum atomic E-state index is 12.0. The van der Waals surface area contributed by atoms with Crippen molar-refractivity contribution < 1.29 is 22.7 Å². The van der Waals surface area contributed by atoms with Crippen molar-refractivity contribution in [1.29, 1.82) is 0 Å². The maximum absolute atomic E-state index is 12.0. The molecule has 0 radical (unpaired) electrons. The fourth-order valence-electron chi connectivity index (χ4n) is 2.62. The first-order valence-corrected chi connectivity index (χ1v) is 9.65. The van der Waals surface area contributed by atoms with Crippen molar-refractivity contribution in [2.45, 2.75) is 19.3 Å². The van der Waals surface area contributed by atoms with E-state index in [0.29, 0.717) is 25.1 Å². The van der Waals surface area contributed by atoms with Gasteiger partial charge in [-0.15, -0.1) is 0 Å². The third-order valence-electron chi connectivity index (χ3n) is 3.73. The summed E-state index contributed by atoms with van der Waals surface area (Å²) in [5, 5.41) is 0. The summed E-state index contributed by atoms with van der Waals surface area (Å²) in [5.41, 5.74) is 1.68. The topological polar surface area (TPSA) is 80.8 Å². The number of rotatable bonds is 6. The Labute approximate surface area is 139 Å². The van der Waals surface area contributed by atoms with Gasteiger partial charge in [0.2, 0.25) is 15.0 Å². The van der Waals surface area contributed by atoms with Crippen molar-refractivity contribution in [3.8, 4) is 0 Å². The van der Waals surface area contributed by atoms with Crippen molar-refractivity contribution >= 4 is 37.3 Å². The maximum Gasteiger partial charge on any atom is 0.305 e. The molecule has 1 fully saturated rings. The number of carbonyl (C=O) groups is 2. The summed E-state index contributed by atoms with van der Waals surface area (Å²) < 4.78 is 26.9. The van der Waals surface area contributed by atoms with E-state index in [0.717, 1.165) is 5.56 Å². The van der Waals surface area contributed by atoms with E-state index in [4.69, 9.17) is 10.7 Å². The standard InChI is InChI=1S/C15H18ClNO5S/c1-22-15(19)7-4-11-2-5-13(6-3-11)17-9-12(8-14(17)18)10-23(16,20)21/h2-3,5-6,12H,4,7-10H2,1H3. The van der Waals surface area contributed by atoms with Crippen LogP contribution in [0.1, 0.15) is 18.4 Å². The molecule has 1 aliphatic rings. The van der Waals surface area contributed by atoms with Gasteiger partial charge in [-0.25, -0.2) is 8.42 Å². The number of benzene rings is 1. The highest BCUT2D eigenvalue weighted by Gasteiger charge is 2.33. The van der Waals surface area contributed by atoms with E-state index >= 15 is 0 Å². The minimum Gasteiger partial charge on any atom is -0.469 e. The van der Waals surface area contributed by atoms with Crippen LogP contribution in [0.15, 0.2) is 24.3 Å². The molecule has 1 heterocycles. The molecule has 1 aliphatic heterocycles. The fourth-order valence-corrected chi connectivity index (χ4v) is 3.94. The van der Waals surface area contributed by atoms with E-state index in [9.17, 15) is 18.0 Å². The molecule has 1 atom stereocenters. The smallest absolute Gasteiger partial charge is 0.305 e. The van der Waals surface area contributed by atoms with Crippen molar-refractivity contribution in [2.24, 2.45) is 5.92 Å². The number of methoxy groups -OCH3 is 1. The first-order valence-electron chi connectivity index (χ1n) is 7.17. The lowest BCUT2D eigenvalue weighted by Crippen LogP contribution is -2.25. The minimum atomic E-state index is -3.61. The van der Waals surface area contributed by atoms with Crippen LogP contribution in [-0.2, 0) is 29.8 Å². The van der Waals surface area contributed by atoms with Gasteiger partial charge in [0.25, 0.3) is 0 Å². The van der Waals surface area contributed by atoms with Crippen molar-refractivity contribution in [1.82, 2.24) is 0 Å². The lowest BCUT2D eigenvalue weighted by molar-refractivity contribution is -0.140. The second-order valence-corrected chi connectivity index (χ2v) is 8.34. The van der Waals surface area contributed by atoms with E-state index in [1.54, 1.807) is 17.0 Å². The van der Waals surface area contributed by atoms with Gasteiger partial charge in [-0.1, -0.05) is 12.1 Å². The molecular formula is C15H18ClNO5S. The van der Waals surface area contributed by atoms with E-state index in [1.807, 2.05) is 12.1 Å². The SMILES string of the molecule is COC(=O)CCc1ccc(N2CC(CS(=O)(=O)Cl)CC2=O)cc1. The minimum absolute atomic E-state index is 0.113. The molecule has 0 aliphatic carbocycles. The van der Waals surface area contributed by atoms with Crippen molar-refractivity contribution in [3.63, 3.8) is 0 Å². The quantitative estimate of drug-likeness (QED) is 0.570. The zero-order valence-corrected chi connectivity index (χ0v) is 14.3. The molecule has 1 aromatic rings. The van der Waals surface area contributed by atoms with Gasteiger partial charge in [0.05, 0.1) is 12.9 Å². The Morgan fingerprint density at radius 1 is 1.35 bits per heavy atom. The first kappa shape index (κ1) is 17.7. The second-order valence-electron chi connectivity index (χ2n) is 5.52. The van der Waals surface area contributed by atoms with Crippen LogP contribution >= 0.6 is 10.7 Å². The summed E-state index contributed by atoms with van der Waals surface area (Å²) in [6.07, 6.45) is 1.04. The fraction of sp³-hybridized carbons (Fsp3) is 0.467. The van der Waals surface area contributed by atoms with E-state index in [1.165, 1.54) is 7.11 Å². The second kappa shape index (κ2) is 7.31. The Morgan fingerprint density at radius 3 is 2.57 bits per heavy atom. The van der Waals surface area contributed by atoms with Crippen LogP contribution in [0.4, 0.5) is 5.69 Å². The number of carbonyl (C=O) groups excluding carboxylic acids is 2. The number of nitrogens with zero attached hydrogens (tertiary/aromatic N) is 1. The largest absolute Gasteiger partial charge is 0.469 e. The Bertz CT molecular complexity index is 686. The van der Waals surface area contributed by atoms with Crippen LogP contribution in [0.5, 0.6) is 0 Å². The third kappa shape index (κ3) is 5.21. The van der Waals surface area contributed by atoms with Crippen molar-refractivity contribution in [2.75, 3.05) is 24.3 Å². The number of aryl methyl sites for hydroxylation is 1. The molecular weight excluding hydrogens is 342 g/mol. The van der Waals surface area contributed by atoms with Gasteiger partial charge in [0.15, 0.2) is 0 Å². The highest BCUT2D eigenvalue weighted by Crippen LogP contribution is 2.27. The molecule has 0 saturated carbocycles. The predicted octanol–water partition coefficient (Wildman–Crippen LogP) is 1.71.